The fourth-order valence-electron chi connectivity index (χ4n) is 3.91. The van der Waals surface area contributed by atoms with Crippen LogP contribution in [0.1, 0.15) is 46.9 Å². The second-order valence-corrected chi connectivity index (χ2v) is 8.57. The number of hydrogen-bond donors (Lipinski definition) is 1. The van der Waals surface area contributed by atoms with Gasteiger partial charge in [-0.25, -0.2) is 9.67 Å². The number of carbonyl (C=O) groups excluding carboxylic acids is 1. The first kappa shape index (κ1) is 23.0. The molecule has 1 aliphatic rings. The molecular formula is C24H26F3N5O. The molecule has 0 spiro atoms. The third kappa shape index (κ3) is 5.42. The molecule has 2 aromatic heterocycles. The average Bonchev–Trinajstić information content (AvgIpc) is 3.17. The first-order valence-electron chi connectivity index (χ1n) is 10.9. The van der Waals surface area contributed by atoms with E-state index >= 15 is 0 Å². The highest BCUT2D eigenvalue weighted by Gasteiger charge is 2.31. The molecule has 1 aliphatic heterocycles. The molecule has 1 saturated heterocycles. The summed E-state index contributed by atoms with van der Waals surface area (Å²) in [5, 5.41) is 6.99. The van der Waals surface area contributed by atoms with Crippen molar-refractivity contribution in [3.8, 4) is 5.82 Å². The third-order valence-corrected chi connectivity index (χ3v) is 6.04. The van der Waals surface area contributed by atoms with Crippen molar-refractivity contribution in [1.82, 2.24) is 19.7 Å². The molecule has 4 rings (SSSR count). The quantitative estimate of drug-likeness (QED) is 0.581. The number of hydrogen-bond acceptors (Lipinski definition) is 4. The molecule has 1 N–H and O–H groups in total. The number of likely N-dealkylation sites (tertiary alicyclic amines) is 1. The summed E-state index contributed by atoms with van der Waals surface area (Å²) in [6.45, 7) is 7.07. The summed E-state index contributed by atoms with van der Waals surface area (Å²) in [6, 6.07) is 9.93. The number of amides is 1. The summed E-state index contributed by atoms with van der Waals surface area (Å²) in [5.74, 6) is 0.654. The summed E-state index contributed by atoms with van der Waals surface area (Å²) in [4.78, 5) is 19.0. The highest BCUT2D eigenvalue weighted by Crippen LogP contribution is 2.29. The Hall–Kier alpha value is -3.20. The van der Waals surface area contributed by atoms with Gasteiger partial charge in [0.1, 0.15) is 0 Å². The lowest BCUT2D eigenvalue weighted by molar-refractivity contribution is -0.137. The number of aromatic nitrogens is 3. The summed E-state index contributed by atoms with van der Waals surface area (Å²) >= 11 is 0. The van der Waals surface area contributed by atoms with Crippen molar-refractivity contribution in [2.75, 3.05) is 18.4 Å². The van der Waals surface area contributed by atoms with Crippen LogP contribution in [0.2, 0.25) is 0 Å². The van der Waals surface area contributed by atoms with E-state index in [4.69, 9.17) is 0 Å². The zero-order valence-corrected chi connectivity index (χ0v) is 18.6. The Morgan fingerprint density at radius 1 is 1.09 bits per heavy atom. The van der Waals surface area contributed by atoms with Gasteiger partial charge < -0.3 is 5.32 Å². The van der Waals surface area contributed by atoms with Crippen LogP contribution in [0.5, 0.6) is 0 Å². The van der Waals surface area contributed by atoms with Crippen LogP contribution in [-0.4, -0.2) is 38.7 Å². The molecule has 1 fully saturated rings. The fraction of sp³-hybridized carbons (Fsp3) is 0.375. The number of benzene rings is 1. The van der Waals surface area contributed by atoms with E-state index in [1.54, 1.807) is 6.92 Å². The van der Waals surface area contributed by atoms with Crippen LogP contribution in [0.4, 0.5) is 18.9 Å². The number of alkyl halides is 3. The Morgan fingerprint density at radius 2 is 1.79 bits per heavy atom. The Kier molecular flexibility index (Phi) is 6.51. The molecule has 3 aromatic rings. The van der Waals surface area contributed by atoms with Crippen LogP contribution in [0, 0.1) is 12.8 Å². The predicted octanol–water partition coefficient (Wildman–Crippen LogP) is 5.08. The van der Waals surface area contributed by atoms with E-state index in [0.29, 0.717) is 16.9 Å². The monoisotopic (exact) mass is 457 g/mol. The average molecular weight is 458 g/mol. The van der Waals surface area contributed by atoms with Gasteiger partial charge in [-0.2, -0.15) is 18.3 Å². The molecule has 0 radical (unpaired) electrons. The number of piperidine rings is 1. The van der Waals surface area contributed by atoms with Crippen LogP contribution >= 0.6 is 0 Å². The largest absolute Gasteiger partial charge is 0.417 e. The maximum absolute atomic E-state index is 12.8. The van der Waals surface area contributed by atoms with Crippen LogP contribution in [0.3, 0.4) is 0 Å². The SMILES string of the molecule is Cc1c(C(=O)Nc2ccc(CN3CCC(C)CC3)cc2)cnn1-c1ccc(C(F)(F)F)cn1. The van der Waals surface area contributed by atoms with Crippen molar-refractivity contribution < 1.29 is 18.0 Å². The van der Waals surface area contributed by atoms with E-state index in [9.17, 15) is 18.0 Å². The van der Waals surface area contributed by atoms with Crippen molar-refractivity contribution in [2.45, 2.75) is 39.4 Å². The minimum atomic E-state index is -4.46. The molecule has 0 atom stereocenters. The topological polar surface area (TPSA) is 63.1 Å². The standard InChI is InChI=1S/C24H26F3N5O/c1-16-9-11-31(12-10-16)15-18-3-6-20(7-4-18)30-23(33)21-14-29-32(17(21)2)22-8-5-19(13-28-22)24(25,26)27/h3-8,13-14,16H,9-12,15H2,1-2H3,(H,30,33). The molecule has 6 nitrogen and oxygen atoms in total. The van der Waals surface area contributed by atoms with E-state index in [1.807, 2.05) is 24.3 Å². The van der Waals surface area contributed by atoms with Gasteiger partial charge >= 0.3 is 6.18 Å². The van der Waals surface area contributed by atoms with Gasteiger partial charge in [0.2, 0.25) is 0 Å². The van der Waals surface area contributed by atoms with Gasteiger partial charge in [0.25, 0.3) is 5.91 Å². The van der Waals surface area contributed by atoms with Crippen LogP contribution in [-0.2, 0) is 12.7 Å². The summed E-state index contributed by atoms with van der Waals surface area (Å²) < 4.78 is 39.6. The lowest BCUT2D eigenvalue weighted by atomic mass is 9.99. The van der Waals surface area contributed by atoms with Gasteiger partial charge in [0.05, 0.1) is 23.0 Å². The zero-order valence-electron chi connectivity index (χ0n) is 18.6. The maximum atomic E-state index is 12.8. The first-order chi connectivity index (χ1) is 15.7. The Balaban J connectivity index is 1.40. The second-order valence-electron chi connectivity index (χ2n) is 8.57. The van der Waals surface area contributed by atoms with Crippen LogP contribution in [0.15, 0.2) is 48.8 Å². The molecule has 0 saturated carbocycles. The van der Waals surface area contributed by atoms with Crippen molar-refractivity contribution >= 4 is 11.6 Å². The van der Waals surface area contributed by atoms with Crippen LogP contribution in [0.25, 0.3) is 5.82 Å². The van der Waals surface area contributed by atoms with Gasteiger partial charge in [0, 0.05) is 18.4 Å². The summed E-state index contributed by atoms with van der Waals surface area (Å²) in [7, 11) is 0. The molecule has 33 heavy (non-hydrogen) atoms. The predicted molar refractivity (Wildman–Crippen MR) is 119 cm³/mol. The van der Waals surface area contributed by atoms with E-state index < -0.39 is 11.7 Å². The Bertz CT molecular complexity index is 1100. The smallest absolute Gasteiger partial charge is 0.322 e. The van der Waals surface area contributed by atoms with E-state index in [-0.39, 0.29) is 11.7 Å². The van der Waals surface area contributed by atoms with Crippen LogP contribution < -0.4 is 5.32 Å². The molecule has 0 unspecified atom stereocenters. The Labute approximate surface area is 190 Å². The summed E-state index contributed by atoms with van der Waals surface area (Å²) in [6.07, 6.45) is 0.127. The maximum Gasteiger partial charge on any atom is 0.417 e. The summed E-state index contributed by atoms with van der Waals surface area (Å²) in [5.41, 5.74) is 1.82. The lowest BCUT2D eigenvalue weighted by Crippen LogP contribution is -2.32. The van der Waals surface area contributed by atoms with Crippen molar-refractivity contribution in [1.29, 1.82) is 0 Å². The van der Waals surface area contributed by atoms with Gasteiger partial charge in [-0.15, -0.1) is 0 Å². The van der Waals surface area contributed by atoms with Gasteiger partial charge in [-0.05, 0) is 68.6 Å². The van der Waals surface area contributed by atoms with Crippen molar-refractivity contribution in [2.24, 2.45) is 5.92 Å². The van der Waals surface area contributed by atoms with Gasteiger partial charge in [-0.3, -0.25) is 9.69 Å². The number of pyridine rings is 1. The number of anilines is 1. The number of carbonyl (C=O) groups is 1. The molecule has 1 aromatic carbocycles. The highest BCUT2D eigenvalue weighted by molar-refractivity contribution is 6.04. The van der Waals surface area contributed by atoms with Crippen molar-refractivity contribution in [3.63, 3.8) is 0 Å². The molecule has 0 bridgehead atoms. The lowest BCUT2D eigenvalue weighted by Gasteiger charge is -2.30. The molecular weight excluding hydrogens is 431 g/mol. The fourth-order valence-corrected chi connectivity index (χ4v) is 3.91. The minimum Gasteiger partial charge on any atom is -0.322 e. The van der Waals surface area contributed by atoms with Gasteiger partial charge in [-0.1, -0.05) is 19.1 Å². The third-order valence-electron chi connectivity index (χ3n) is 6.04. The van der Waals surface area contributed by atoms with Gasteiger partial charge in [0.15, 0.2) is 5.82 Å². The number of halogens is 3. The molecule has 1 amide bonds. The number of nitrogens with one attached hydrogen (secondary N) is 1. The Morgan fingerprint density at radius 3 is 2.39 bits per heavy atom. The molecule has 174 valence electrons. The second kappa shape index (κ2) is 9.35. The molecule has 3 heterocycles. The number of rotatable bonds is 5. The number of nitrogens with zero attached hydrogens (tertiary/aromatic N) is 4. The van der Waals surface area contributed by atoms with E-state index in [0.717, 1.165) is 37.8 Å². The first-order valence-corrected chi connectivity index (χ1v) is 10.9. The zero-order chi connectivity index (χ0) is 23.6. The molecule has 0 aliphatic carbocycles. The minimum absolute atomic E-state index is 0.205. The van der Waals surface area contributed by atoms with E-state index in [2.05, 4.69) is 27.2 Å². The van der Waals surface area contributed by atoms with E-state index in [1.165, 1.54) is 35.4 Å². The van der Waals surface area contributed by atoms with Crippen molar-refractivity contribution in [3.05, 3.63) is 71.2 Å². The molecule has 9 heteroatoms. The highest BCUT2D eigenvalue weighted by atomic mass is 19.4. The normalized spacial score (nSPS) is 15.5.